The van der Waals surface area contributed by atoms with Gasteiger partial charge < -0.3 is 26.2 Å². The molecule has 3 atom stereocenters. The highest BCUT2D eigenvalue weighted by molar-refractivity contribution is 7.10. The zero-order valence-electron chi connectivity index (χ0n) is 25.4. The predicted octanol–water partition coefficient (Wildman–Crippen LogP) is 3.65. The van der Waals surface area contributed by atoms with E-state index in [0.717, 1.165) is 31.4 Å². The van der Waals surface area contributed by atoms with Crippen LogP contribution in [0.15, 0.2) is 41.1 Å². The summed E-state index contributed by atoms with van der Waals surface area (Å²) < 4.78 is 0. The Hall–Kier alpha value is -3.39. The average Bonchev–Trinajstić information content (AvgIpc) is 3.72. The van der Waals surface area contributed by atoms with Gasteiger partial charge >= 0.3 is 0 Å². The largest absolute Gasteiger partial charge is 0.351 e. The molecule has 3 aromatic rings. The Labute approximate surface area is 277 Å². The lowest BCUT2D eigenvalue weighted by Crippen LogP contribution is -2.52. The van der Waals surface area contributed by atoms with E-state index in [-0.39, 0.29) is 65.9 Å². The molecule has 0 aliphatic carbocycles. The van der Waals surface area contributed by atoms with Crippen molar-refractivity contribution in [1.82, 2.24) is 36.1 Å². The number of nitrogens with one attached hydrogen (secondary N) is 4. The van der Waals surface area contributed by atoms with Crippen molar-refractivity contribution in [3.8, 4) is 0 Å². The van der Waals surface area contributed by atoms with Crippen LogP contribution in [0.5, 0.6) is 0 Å². The molecule has 0 radical (unpaired) electrons. The SMILES string of the molecule is CC(C)[C@@H]1NC(=O)c2csc(n2)C(Cc2ccccc2)NC(=O)CN(C(=O)[C@@H]2CCCCN2)CCCNC(=O)c2csc1n2.Cl. The summed E-state index contributed by atoms with van der Waals surface area (Å²) in [7, 11) is 0. The van der Waals surface area contributed by atoms with Gasteiger partial charge in [-0.2, -0.15) is 0 Å². The minimum absolute atomic E-state index is 0. The molecule has 2 aliphatic rings. The third-order valence-corrected chi connectivity index (χ3v) is 9.68. The first kappa shape index (κ1) is 34.5. The van der Waals surface area contributed by atoms with Gasteiger partial charge in [0.25, 0.3) is 11.8 Å². The van der Waals surface area contributed by atoms with Crippen LogP contribution < -0.4 is 21.3 Å². The van der Waals surface area contributed by atoms with Crippen molar-refractivity contribution < 1.29 is 19.2 Å². The van der Waals surface area contributed by atoms with Crippen molar-refractivity contribution in [3.63, 3.8) is 0 Å². The van der Waals surface area contributed by atoms with E-state index in [1.807, 2.05) is 44.2 Å². The molecule has 1 unspecified atom stereocenters. The van der Waals surface area contributed by atoms with E-state index in [2.05, 4.69) is 31.2 Å². The molecule has 4 amide bonds. The molecular weight excluding hydrogens is 634 g/mol. The molecule has 2 aliphatic heterocycles. The van der Waals surface area contributed by atoms with Gasteiger partial charge in [-0.15, -0.1) is 35.1 Å². The number of hydrogen-bond acceptors (Lipinski definition) is 9. The van der Waals surface area contributed by atoms with Crippen molar-refractivity contribution in [2.24, 2.45) is 5.92 Å². The Morgan fingerprint density at radius 3 is 2.36 bits per heavy atom. The van der Waals surface area contributed by atoms with Crippen LogP contribution in [0.4, 0.5) is 0 Å². The van der Waals surface area contributed by atoms with E-state index in [1.54, 1.807) is 15.7 Å². The number of aromatic nitrogens is 2. The second-order valence-corrected chi connectivity index (χ2v) is 13.3. The molecule has 2 aromatic heterocycles. The molecule has 5 rings (SSSR count). The van der Waals surface area contributed by atoms with Gasteiger partial charge in [0.2, 0.25) is 11.8 Å². The molecular formula is C31H40ClN7O4S2. The van der Waals surface area contributed by atoms with Crippen LogP contribution in [0.1, 0.15) is 88.2 Å². The number of rotatable bonds is 4. The fourth-order valence-corrected chi connectivity index (χ4v) is 7.26. The van der Waals surface area contributed by atoms with Crippen molar-refractivity contribution in [2.45, 2.75) is 64.1 Å². The van der Waals surface area contributed by atoms with E-state index in [9.17, 15) is 19.2 Å². The zero-order chi connectivity index (χ0) is 31.1. The molecule has 1 saturated heterocycles. The third kappa shape index (κ3) is 9.09. The van der Waals surface area contributed by atoms with Gasteiger partial charge in [-0.1, -0.05) is 50.6 Å². The van der Waals surface area contributed by atoms with Crippen LogP contribution in [0.25, 0.3) is 0 Å². The molecule has 14 heteroatoms. The number of hydrogen-bond donors (Lipinski definition) is 4. The number of nitrogens with zero attached hydrogens (tertiary/aromatic N) is 3. The normalized spacial score (nSPS) is 21.8. The summed E-state index contributed by atoms with van der Waals surface area (Å²) in [6, 6.07) is 8.53. The molecule has 242 valence electrons. The van der Waals surface area contributed by atoms with Crippen LogP contribution in [0.3, 0.4) is 0 Å². The Morgan fingerprint density at radius 2 is 1.64 bits per heavy atom. The molecule has 11 nitrogen and oxygen atoms in total. The number of fused-ring (bicyclic) bond motifs is 4. The van der Waals surface area contributed by atoms with Gasteiger partial charge in [0.15, 0.2) is 0 Å². The lowest BCUT2D eigenvalue weighted by Gasteiger charge is -2.30. The number of carbonyl (C=O) groups is 4. The smallest absolute Gasteiger partial charge is 0.271 e. The number of amides is 4. The summed E-state index contributed by atoms with van der Waals surface area (Å²) in [6.45, 7) is 5.23. The molecule has 1 aromatic carbocycles. The van der Waals surface area contributed by atoms with E-state index in [4.69, 9.17) is 0 Å². The summed E-state index contributed by atoms with van der Waals surface area (Å²) >= 11 is 2.64. The number of thiazole rings is 2. The quantitative estimate of drug-likeness (QED) is 0.331. The summed E-state index contributed by atoms with van der Waals surface area (Å²) in [5.41, 5.74) is 1.53. The Balaban J connectivity index is 0.00000461. The number of halogens is 1. The fraction of sp³-hybridized carbons (Fsp3) is 0.484. The maximum absolute atomic E-state index is 13.5. The average molecular weight is 674 g/mol. The molecule has 45 heavy (non-hydrogen) atoms. The Bertz CT molecular complexity index is 1460. The van der Waals surface area contributed by atoms with Gasteiger partial charge in [-0.3, -0.25) is 19.2 Å². The number of piperidine rings is 1. The molecule has 1 fully saturated rings. The van der Waals surface area contributed by atoms with E-state index in [0.29, 0.717) is 35.9 Å². The van der Waals surface area contributed by atoms with Crippen LogP contribution >= 0.6 is 35.1 Å². The standard InChI is InChI=1S/C31H39N7O4S2.ClH/c1-19(2)26-30-36-23(17-44-30)27(40)33-13-8-14-38(31(42)21-11-6-7-12-32-21)16-25(39)34-22(15-20-9-4-3-5-10-20)29-35-24(18-43-29)28(41)37-26;/h3-5,9-10,17-19,21-22,26,32H,6-8,11-16H2,1-2H3,(H,33,40)(H,34,39)(H,37,41);1H/t21-,22?,26-;/m0./s1. The molecule has 4 heterocycles. The third-order valence-electron chi connectivity index (χ3n) is 7.79. The van der Waals surface area contributed by atoms with Gasteiger partial charge in [-0.25, -0.2) is 9.97 Å². The topological polar surface area (TPSA) is 145 Å². The van der Waals surface area contributed by atoms with Crippen molar-refractivity contribution >= 4 is 58.7 Å². The Morgan fingerprint density at radius 1 is 0.933 bits per heavy atom. The van der Waals surface area contributed by atoms with Crippen LogP contribution in [-0.2, 0) is 16.0 Å². The maximum Gasteiger partial charge on any atom is 0.271 e. The Kier molecular flexibility index (Phi) is 12.5. The lowest BCUT2D eigenvalue weighted by molar-refractivity contribution is -0.138. The number of carbonyl (C=O) groups excluding carboxylic acids is 4. The maximum atomic E-state index is 13.5. The zero-order valence-corrected chi connectivity index (χ0v) is 27.9. The summed E-state index contributed by atoms with van der Waals surface area (Å²) in [5.74, 6) is -1.09. The van der Waals surface area contributed by atoms with E-state index >= 15 is 0 Å². The minimum Gasteiger partial charge on any atom is -0.351 e. The van der Waals surface area contributed by atoms with E-state index < -0.39 is 12.1 Å². The van der Waals surface area contributed by atoms with Crippen LogP contribution in [-0.4, -0.2) is 70.7 Å². The van der Waals surface area contributed by atoms with Gasteiger partial charge in [0.1, 0.15) is 21.4 Å². The van der Waals surface area contributed by atoms with Crippen LogP contribution in [0.2, 0.25) is 0 Å². The van der Waals surface area contributed by atoms with Crippen molar-refractivity contribution in [1.29, 1.82) is 0 Å². The first-order chi connectivity index (χ1) is 21.3. The monoisotopic (exact) mass is 673 g/mol. The van der Waals surface area contributed by atoms with Gasteiger partial charge in [0.05, 0.1) is 24.7 Å². The van der Waals surface area contributed by atoms with Gasteiger partial charge in [-0.05, 0) is 43.7 Å². The fourth-order valence-electron chi connectivity index (χ4n) is 5.39. The summed E-state index contributed by atoms with van der Waals surface area (Å²) in [4.78, 5) is 64.1. The van der Waals surface area contributed by atoms with Gasteiger partial charge in [0, 0.05) is 23.8 Å². The van der Waals surface area contributed by atoms with Crippen molar-refractivity contribution in [2.75, 3.05) is 26.2 Å². The first-order valence-electron chi connectivity index (χ1n) is 15.1. The second-order valence-electron chi connectivity index (χ2n) is 11.5. The molecule has 4 bridgehead atoms. The van der Waals surface area contributed by atoms with Crippen molar-refractivity contribution in [3.05, 3.63) is 68.1 Å². The molecule has 0 saturated carbocycles. The first-order valence-corrected chi connectivity index (χ1v) is 16.9. The molecule has 0 spiro atoms. The highest BCUT2D eigenvalue weighted by atomic mass is 35.5. The highest BCUT2D eigenvalue weighted by Gasteiger charge is 2.29. The lowest BCUT2D eigenvalue weighted by atomic mass is 10.0. The minimum atomic E-state index is -0.495. The highest BCUT2D eigenvalue weighted by Crippen LogP contribution is 2.27. The number of benzene rings is 1. The molecule has 4 N–H and O–H groups in total. The van der Waals surface area contributed by atoms with E-state index in [1.165, 1.54) is 22.7 Å². The summed E-state index contributed by atoms with van der Waals surface area (Å²) in [5, 5.41) is 16.9. The van der Waals surface area contributed by atoms with Crippen LogP contribution in [0, 0.1) is 5.92 Å². The predicted molar refractivity (Wildman–Crippen MR) is 177 cm³/mol. The second kappa shape index (κ2) is 16.3. The summed E-state index contributed by atoms with van der Waals surface area (Å²) in [6.07, 6.45) is 3.63.